The van der Waals surface area contributed by atoms with Crippen LogP contribution in [0, 0.1) is 0 Å². The normalized spacial score (nSPS) is 13.4. The Bertz CT molecular complexity index is 559. The third kappa shape index (κ3) is 6.76. The van der Waals surface area contributed by atoms with E-state index in [1.165, 1.54) is 24.0 Å². The van der Waals surface area contributed by atoms with E-state index in [0.29, 0.717) is 25.3 Å². The average molecular weight is 431 g/mol. The highest BCUT2D eigenvalue weighted by Crippen LogP contribution is 2.24. The van der Waals surface area contributed by atoms with Gasteiger partial charge in [-0.15, -0.1) is 24.0 Å². The summed E-state index contributed by atoms with van der Waals surface area (Å²) >= 11 is 0. The number of hydrogen-bond acceptors (Lipinski definition) is 3. The van der Waals surface area contributed by atoms with Crippen LogP contribution in [0.5, 0.6) is 0 Å². The number of benzene rings is 1. The molecule has 2 rings (SSSR count). The van der Waals surface area contributed by atoms with Gasteiger partial charge < -0.3 is 15.8 Å². The summed E-state index contributed by atoms with van der Waals surface area (Å²) in [4.78, 5) is 15.6. The number of nitrogens with one attached hydrogen (secondary N) is 1. The van der Waals surface area contributed by atoms with Gasteiger partial charge in [0.1, 0.15) is 0 Å². The van der Waals surface area contributed by atoms with Crippen LogP contribution in [0.4, 0.5) is 5.69 Å². The van der Waals surface area contributed by atoms with E-state index in [-0.39, 0.29) is 36.0 Å². The minimum atomic E-state index is -0.185. The molecule has 0 atom stereocenters. The van der Waals surface area contributed by atoms with Crippen LogP contribution >= 0.6 is 24.0 Å². The van der Waals surface area contributed by atoms with E-state index >= 15 is 0 Å². The lowest BCUT2D eigenvalue weighted by Crippen LogP contribution is -2.23. The molecule has 0 fully saturated rings. The molecule has 0 saturated carbocycles. The monoisotopic (exact) mass is 431 g/mol. The Balaban J connectivity index is 0.00000264. The zero-order valence-electron chi connectivity index (χ0n) is 13.8. The number of guanidine groups is 1. The molecule has 3 N–H and O–H groups in total. The molecule has 0 radical (unpaired) electrons. The van der Waals surface area contributed by atoms with Crippen LogP contribution < -0.4 is 11.1 Å². The van der Waals surface area contributed by atoms with E-state index < -0.39 is 0 Å². The number of fused-ring (bicyclic) bond motifs is 1. The van der Waals surface area contributed by atoms with E-state index in [2.05, 4.69) is 22.4 Å². The Morgan fingerprint density at radius 3 is 2.83 bits per heavy atom. The summed E-state index contributed by atoms with van der Waals surface area (Å²) in [6.45, 7) is 4.19. The highest BCUT2D eigenvalue weighted by Gasteiger charge is 2.10. The van der Waals surface area contributed by atoms with Crippen LogP contribution in [0.1, 0.15) is 44.2 Å². The van der Waals surface area contributed by atoms with Crippen molar-refractivity contribution in [3.05, 3.63) is 29.3 Å². The van der Waals surface area contributed by atoms with Gasteiger partial charge in [0, 0.05) is 18.7 Å². The van der Waals surface area contributed by atoms with Crippen molar-refractivity contribution in [3.63, 3.8) is 0 Å². The summed E-state index contributed by atoms with van der Waals surface area (Å²) in [7, 11) is 0. The predicted octanol–water partition coefficient (Wildman–Crippen LogP) is 3.25. The van der Waals surface area contributed by atoms with Crippen LogP contribution in [0.2, 0.25) is 0 Å². The van der Waals surface area contributed by atoms with Gasteiger partial charge in [0.15, 0.2) is 5.96 Å². The summed E-state index contributed by atoms with van der Waals surface area (Å²) in [5, 5.41) is 3.10. The minimum Gasteiger partial charge on any atom is -0.463 e. The molecule has 0 unspecified atom stereocenters. The van der Waals surface area contributed by atoms with Gasteiger partial charge in [-0.3, -0.25) is 9.79 Å². The second kappa shape index (κ2) is 9.75. The van der Waals surface area contributed by atoms with Crippen molar-refractivity contribution in [1.82, 2.24) is 0 Å². The van der Waals surface area contributed by atoms with Crippen molar-refractivity contribution in [2.24, 2.45) is 10.7 Å². The second-order valence-electron chi connectivity index (χ2n) is 5.87. The van der Waals surface area contributed by atoms with Gasteiger partial charge in [0.2, 0.25) is 0 Å². The van der Waals surface area contributed by atoms with Gasteiger partial charge in [-0.25, -0.2) is 0 Å². The Kier molecular flexibility index (Phi) is 8.36. The number of ether oxygens (including phenoxy) is 1. The molecule has 128 valence electrons. The molecule has 0 spiro atoms. The maximum absolute atomic E-state index is 11.4. The van der Waals surface area contributed by atoms with Crippen molar-refractivity contribution in [2.75, 3.05) is 11.9 Å². The zero-order valence-corrected chi connectivity index (χ0v) is 16.1. The number of anilines is 1. The SMILES string of the molecule is CC(C)OC(=O)CCCN=C(N)Nc1ccc2c(c1)CCC2.I. The quantitative estimate of drug-likeness (QED) is 0.238. The zero-order chi connectivity index (χ0) is 15.9. The fourth-order valence-corrected chi connectivity index (χ4v) is 2.58. The van der Waals surface area contributed by atoms with Crippen molar-refractivity contribution in [2.45, 2.75) is 52.1 Å². The Morgan fingerprint density at radius 2 is 2.09 bits per heavy atom. The molecule has 1 aliphatic carbocycles. The number of hydrogen-bond donors (Lipinski definition) is 2. The molecule has 0 saturated heterocycles. The molecular weight excluding hydrogens is 405 g/mol. The lowest BCUT2D eigenvalue weighted by Gasteiger charge is -2.08. The predicted molar refractivity (Wildman–Crippen MR) is 104 cm³/mol. The van der Waals surface area contributed by atoms with Crippen LogP contribution in [0.3, 0.4) is 0 Å². The van der Waals surface area contributed by atoms with Gasteiger partial charge in [-0.05, 0) is 62.8 Å². The van der Waals surface area contributed by atoms with Gasteiger partial charge in [0.05, 0.1) is 6.10 Å². The third-order valence-corrected chi connectivity index (χ3v) is 3.56. The van der Waals surface area contributed by atoms with E-state index in [1.54, 1.807) is 0 Å². The van der Waals surface area contributed by atoms with E-state index in [0.717, 1.165) is 12.1 Å². The van der Waals surface area contributed by atoms with Gasteiger partial charge in [-0.1, -0.05) is 6.07 Å². The number of nitrogens with two attached hydrogens (primary N) is 1. The molecule has 0 aliphatic heterocycles. The Hall–Kier alpha value is -1.31. The van der Waals surface area contributed by atoms with Crippen LogP contribution in [-0.4, -0.2) is 24.6 Å². The maximum Gasteiger partial charge on any atom is 0.306 e. The molecule has 0 aromatic heterocycles. The Labute approximate surface area is 155 Å². The first-order valence-corrected chi connectivity index (χ1v) is 7.93. The highest BCUT2D eigenvalue weighted by atomic mass is 127. The van der Waals surface area contributed by atoms with Crippen LogP contribution in [0.25, 0.3) is 0 Å². The van der Waals surface area contributed by atoms with Crippen molar-refractivity contribution < 1.29 is 9.53 Å². The number of aliphatic imine (C=N–C) groups is 1. The molecule has 1 aromatic carbocycles. The van der Waals surface area contributed by atoms with E-state index in [4.69, 9.17) is 10.5 Å². The smallest absolute Gasteiger partial charge is 0.306 e. The number of esters is 1. The van der Waals surface area contributed by atoms with E-state index in [9.17, 15) is 4.79 Å². The maximum atomic E-state index is 11.4. The molecule has 0 heterocycles. The summed E-state index contributed by atoms with van der Waals surface area (Å²) < 4.78 is 5.06. The highest BCUT2D eigenvalue weighted by molar-refractivity contribution is 14.0. The first kappa shape index (κ1) is 19.7. The Morgan fingerprint density at radius 1 is 1.35 bits per heavy atom. The number of rotatable bonds is 6. The lowest BCUT2D eigenvalue weighted by molar-refractivity contribution is -0.147. The summed E-state index contributed by atoms with van der Waals surface area (Å²) in [5.74, 6) is 0.200. The standard InChI is InChI=1S/C17H25N3O2.HI/c1-12(2)22-16(21)7-4-10-19-17(18)20-15-9-8-13-5-3-6-14(13)11-15;/h8-9,11-12H,3-7,10H2,1-2H3,(H3,18,19,20);1H. The van der Waals surface area contributed by atoms with Crippen LogP contribution in [0.15, 0.2) is 23.2 Å². The number of carbonyl (C=O) groups is 1. The topological polar surface area (TPSA) is 76.7 Å². The largest absolute Gasteiger partial charge is 0.463 e. The molecule has 1 aliphatic rings. The number of nitrogens with zero attached hydrogens (tertiary/aromatic N) is 1. The van der Waals surface area contributed by atoms with Crippen LogP contribution in [-0.2, 0) is 22.4 Å². The third-order valence-electron chi connectivity index (χ3n) is 3.56. The first-order chi connectivity index (χ1) is 10.5. The van der Waals surface area contributed by atoms with Gasteiger partial charge in [0.25, 0.3) is 0 Å². The first-order valence-electron chi connectivity index (χ1n) is 7.93. The second-order valence-corrected chi connectivity index (χ2v) is 5.87. The number of aryl methyl sites for hydroxylation is 2. The summed E-state index contributed by atoms with van der Waals surface area (Å²) in [6, 6.07) is 6.33. The van der Waals surface area contributed by atoms with Crippen molar-refractivity contribution in [3.8, 4) is 0 Å². The van der Waals surface area contributed by atoms with Gasteiger partial charge >= 0.3 is 5.97 Å². The fraction of sp³-hybridized carbons (Fsp3) is 0.529. The number of carbonyl (C=O) groups excluding carboxylic acids is 1. The van der Waals surface area contributed by atoms with E-state index in [1.807, 2.05) is 19.9 Å². The molecule has 0 bridgehead atoms. The molecule has 0 amide bonds. The van der Waals surface area contributed by atoms with Crippen molar-refractivity contribution in [1.29, 1.82) is 0 Å². The van der Waals surface area contributed by atoms with Crippen molar-refractivity contribution >= 4 is 41.6 Å². The molecule has 6 heteroatoms. The summed E-state index contributed by atoms with van der Waals surface area (Å²) in [6.07, 6.45) is 4.48. The molecule has 5 nitrogen and oxygen atoms in total. The van der Waals surface area contributed by atoms with Gasteiger partial charge in [-0.2, -0.15) is 0 Å². The molecule has 23 heavy (non-hydrogen) atoms. The molecule has 1 aromatic rings. The lowest BCUT2D eigenvalue weighted by atomic mass is 10.1. The summed E-state index contributed by atoms with van der Waals surface area (Å²) in [5.41, 5.74) is 9.68. The fourth-order valence-electron chi connectivity index (χ4n) is 2.58. The number of halogens is 1. The molecular formula is C17H26IN3O2. The average Bonchev–Trinajstić information content (AvgIpc) is 2.90. The minimum absolute atomic E-state index is 0.